The number of hydrogen-bond donors (Lipinski definition) is 0. The van der Waals surface area contributed by atoms with Crippen LogP contribution >= 0.6 is 11.6 Å². The van der Waals surface area contributed by atoms with E-state index in [-0.39, 0.29) is 11.8 Å². The third-order valence-electron chi connectivity index (χ3n) is 6.65. The Morgan fingerprint density at radius 2 is 1.78 bits per heavy atom. The van der Waals surface area contributed by atoms with Gasteiger partial charge in [-0.05, 0) is 53.8 Å². The summed E-state index contributed by atoms with van der Waals surface area (Å²) in [5, 5.41) is 1.90. The van der Waals surface area contributed by atoms with Crippen molar-refractivity contribution in [2.45, 2.75) is 38.8 Å². The van der Waals surface area contributed by atoms with Gasteiger partial charge in [-0.3, -0.25) is 4.79 Å². The molecular weight excluding hydrogens is 416 g/mol. The number of aromatic nitrogens is 1. The van der Waals surface area contributed by atoms with Crippen LogP contribution in [0.5, 0.6) is 0 Å². The minimum atomic E-state index is -0.0453. The monoisotopic (exact) mass is 442 g/mol. The van der Waals surface area contributed by atoms with Crippen molar-refractivity contribution in [3.8, 4) is 0 Å². The van der Waals surface area contributed by atoms with Crippen LogP contribution in [0.3, 0.4) is 0 Å². The first kappa shape index (κ1) is 20.8. The molecule has 0 N–H and O–H groups in total. The normalized spacial score (nSPS) is 14.4. The van der Waals surface area contributed by atoms with Gasteiger partial charge in [-0.1, -0.05) is 66.2 Å². The van der Waals surface area contributed by atoms with Gasteiger partial charge >= 0.3 is 0 Å². The van der Waals surface area contributed by atoms with E-state index in [0.717, 1.165) is 25.1 Å². The highest BCUT2D eigenvalue weighted by Crippen LogP contribution is 2.36. The highest BCUT2D eigenvalue weighted by molar-refractivity contribution is 6.30. The SMILES string of the molecule is CCn1cc(C(CC(=O)N2CCc3ccccc3C2)c2cccc(Cl)c2)c2ccccc21. The first-order chi connectivity index (χ1) is 15.6. The molecule has 5 rings (SSSR count). The molecule has 0 saturated heterocycles. The molecule has 4 heteroatoms. The van der Waals surface area contributed by atoms with Crippen molar-refractivity contribution in [3.63, 3.8) is 0 Å². The molecule has 0 saturated carbocycles. The number of carbonyl (C=O) groups is 1. The second-order valence-electron chi connectivity index (χ2n) is 8.53. The van der Waals surface area contributed by atoms with Crippen LogP contribution in [0.25, 0.3) is 10.9 Å². The van der Waals surface area contributed by atoms with Gasteiger partial charge in [0.15, 0.2) is 0 Å². The summed E-state index contributed by atoms with van der Waals surface area (Å²) >= 11 is 6.37. The Morgan fingerprint density at radius 1 is 1.00 bits per heavy atom. The summed E-state index contributed by atoms with van der Waals surface area (Å²) in [6.07, 6.45) is 3.56. The van der Waals surface area contributed by atoms with Gasteiger partial charge in [-0.15, -0.1) is 0 Å². The first-order valence-corrected chi connectivity index (χ1v) is 11.7. The highest BCUT2D eigenvalue weighted by Gasteiger charge is 2.27. The molecule has 162 valence electrons. The molecule has 3 aromatic carbocycles. The molecule has 0 fully saturated rings. The molecule has 1 atom stereocenters. The van der Waals surface area contributed by atoms with Crippen LogP contribution in [0.2, 0.25) is 5.02 Å². The molecule has 0 bridgehead atoms. The van der Waals surface area contributed by atoms with Crippen molar-refractivity contribution in [1.82, 2.24) is 9.47 Å². The zero-order valence-corrected chi connectivity index (χ0v) is 19.1. The van der Waals surface area contributed by atoms with Crippen LogP contribution in [0.1, 0.15) is 41.5 Å². The number of aryl methyl sites for hydroxylation is 1. The maximum atomic E-state index is 13.5. The largest absolute Gasteiger partial charge is 0.347 e. The lowest BCUT2D eigenvalue weighted by Gasteiger charge is -2.30. The van der Waals surface area contributed by atoms with Gasteiger partial charge < -0.3 is 9.47 Å². The number of halogens is 1. The molecular formula is C28H27ClN2O. The lowest BCUT2D eigenvalue weighted by Crippen LogP contribution is -2.36. The van der Waals surface area contributed by atoms with Gasteiger partial charge in [0.1, 0.15) is 0 Å². The minimum Gasteiger partial charge on any atom is -0.347 e. The second kappa shape index (κ2) is 8.84. The fourth-order valence-electron chi connectivity index (χ4n) is 4.96. The second-order valence-corrected chi connectivity index (χ2v) is 8.97. The maximum absolute atomic E-state index is 13.5. The van der Waals surface area contributed by atoms with Gasteiger partial charge in [0.2, 0.25) is 5.91 Å². The molecule has 4 aromatic rings. The van der Waals surface area contributed by atoms with Crippen LogP contribution in [0.15, 0.2) is 79.0 Å². The molecule has 0 aliphatic carbocycles. The zero-order chi connectivity index (χ0) is 22.1. The maximum Gasteiger partial charge on any atom is 0.223 e. The summed E-state index contributed by atoms with van der Waals surface area (Å²) in [7, 11) is 0. The summed E-state index contributed by atoms with van der Waals surface area (Å²) in [5.74, 6) is 0.147. The number of carbonyl (C=O) groups excluding carboxylic acids is 1. The average molecular weight is 443 g/mol. The van der Waals surface area contributed by atoms with Crippen molar-refractivity contribution >= 4 is 28.4 Å². The van der Waals surface area contributed by atoms with E-state index in [2.05, 4.69) is 72.3 Å². The van der Waals surface area contributed by atoms with E-state index in [1.54, 1.807) is 0 Å². The Morgan fingerprint density at radius 3 is 2.59 bits per heavy atom. The van der Waals surface area contributed by atoms with Crippen molar-refractivity contribution in [2.75, 3.05) is 6.54 Å². The van der Waals surface area contributed by atoms with Crippen LogP contribution in [-0.4, -0.2) is 21.9 Å². The molecule has 1 unspecified atom stereocenters. The summed E-state index contributed by atoms with van der Waals surface area (Å²) in [6.45, 7) is 4.50. The number of fused-ring (bicyclic) bond motifs is 2. The van der Waals surface area contributed by atoms with E-state index in [0.29, 0.717) is 18.0 Å². The van der Waals surface area contributed by atoms with E-state index in [1.807, 2.05) is 23.1 Å². The van der Waals surface area contributed by atoms with E-state index >= 15 is 0 Å². The Bertz CT molecular complexity index is 1280. The number of hydrogen-bond acceptors (Lipinski definition) is 1. The number of benzene rings is 3. The van der Waals surface area contributed by atoms with Crippen molar-refractivity contribution < 1.29 is 4.79 Å². The molecule has 0 radical (unpaired) electrons. The quantitative estimate of drug-likeness (QED) is 0.350. The van der Waals surface area contributed by atoms with E-state index in [1.165, 1.54) is 27.6 Å². The van der Waals surface area contributed by atoms with Gasteiger partial charge in [0.05, 0.1) is 0 Å². The lowest BCUT2D eigenvalue weighted by atomic mass is 9.87. The molecule has 32 heavy (non-hydrogen) atoms. The van der Waals surface area contributed by atoms with E-state index in [4.69, 9.17) is 11.6 Å². The Hall–Kier alpha value is -3.04. The zero-order valence-electron chi connectivity index (χ0n) is 18.3. The lowest BCUT2D eigenvalue weighted by molar-refractivity contribution is -0.132. The fraction of sp³-hybridized carbons (Fsp3) is 0.250. The average Bonchev–Trinajstić information content (AvgIpc) is 3.20. The molecule has 3 nitrogen and oxygen atoms in total. The summed E-state index contributed by atoms with van der Waals surface area (Å²) in [6, 6.07) is 24.9. The summed E-state index contributed by atoms with van der Waals surface area (Å²) in [4.78, 5) is 15.6. The Kier molecular flexibility index (Phi) is 5.75. The Labute approximate surface area is 194 Å². The third kappa shape index (κ3) is 3.93. The standard InChI is InChI=1S/C28H27ClN2O/c1-2-30-19-26(24-12-5-6-13-27(24)30)25(21-10-7-11-23(29)16-21)17-28(32)31-15-14-20-8-3-4-9-22(20)18-31/h3-13,16,19,25H,2,14-15,17-18H2,1H3. The van der Waals surface area contributed by atoms with Gasteiger partial charge in [0, 0.05) is 54.1 Å². The molecule has 1 aromatic heterocycles. The van der Waals surface area contributed by atoms with Crippen molar-refractivity contribution in [1.29, 1.82) is 0 Å². The summed E-state index contributed by atoms with van der Waals surface area (Å²) in [5.41, 5.74) is 6.09. The number of para-hydroxylation sites is 1. The van der Waals surface area contributed by atoms with Crippen LogP contribution in [0, 0.1) is 0 Å². The first-order valence-electron chi connectivity index (χ1n) is 11.3. The van der Waals surface area contributed by atoms with Crippen molar-refractivity contribution in [3.05, 3.63) is 106 Å². The van der Waals surface area contributed by atoms with Crippen LogP contribution in [-0.2, 0) is 24.3 Å². The summed E-state index contributed by atoms with van der Waals surface area (Å²) < 4.78 is 2.27. The van der Waals surface area contributed by atoms with Gasteiger partial charge in [-0.2, -0.15) is 0 Å². The molecule has 0 spiro atoms. The van der Waals surface area contributed by atoms with Crippen molar-refractivity contribution in [2.24, 2.45) is 0 Å². The predicted molar refractivity (Wildman–Crippen MR) is 131 cm³/mol. The highest BCUT2D eigenvalue weighted by atomic mass is 35.5. The predicted octanol–water partition coefficient (Wildman–Crippen LogP) is 6.42. The number of nitrogens with zero attached hydrogens (tertiary/aromatic N) is 2. The van der Waals surface area contributed by atoms with Crippen LogP contribution in [0.4, 0.5) is 0 Å². The van der Waals surface area contributed by atoms with Crippen LogP contribution < -0.4 is 0 Å². The van der Waals surface area contributed by atoms with Gasteiger partial charge in [-0.25, -0.2) is 0 Å². The third-order valence-corrected chi connectivity index (χ3v) is 6.88. The number of rotatable bonds is 5. The number of amides is 1. The minimum absolute atomic E-state index is 0.0453. The Balaban J connectivity index is 1.51. The molecule has 1 aliphatic rings. The molecule has 1 aliphatic heterocycles. The van der Waals surface area contributed by atoms with E-state index < -0.39 is 0 Å². The van der Waals surface area contributed by atoms with Gasteiger partial charge in [0.25, 0.3) is 0 Å². The molecule has 2 heterocycles. The molecule has 1 amide bonds. The fourth-order valence-corrected chi connectivity index (χ4v) is 5.16. The topological polar surface area (TPSA) is 25.2 Å². The smallest absolute Gasteiger partial charge is 0.223 e. The van der Waals surface area contributed by atoms with E-state index in [9.17, 15) is 4.79 Å².